The van der Waals surface area contributed by atoms with Gasteiger partial charge in [0, 0.05) is 26.1 Å². The van der Waals surface area contributed by atoms with E-state index in [0.29, 0.717) is 105 Å². The Balaban J connectivity index is 3.08. The summed E-state index contributed by atoms with van der Waals surface area (Å²) in [6, 6.07) is 0. The number of carboxylic acids is 1. The highest BCUT2D eigenvalue weighted by Crippen LogP contribution is 1.90. The van der Waals surface area contributed by atoms with Crippen LogP contribution in [0.2, 0.25) is 0 Å². The molecule has 0 aromatic carbocycles. The van der Waals surface area contributed by atoms with Crippen LogP contribution in [0.4, 0.5) is 0 Å². The molecule has 34 heavy (non-hydrogen) atoms. The van der Waals surface area contributed by atoms with Crippen molar-refractivity contribution < 1.29 is 47.9 Å². The fourth-order valence-electron chi connectivity index (χ4n) is 2.31. The maximum absolute atomic E-state index is 11.3. The Bertz CT molecular complexity index is 457. The summed E-state index contributed by atoms with van der Waals surface area (Å²) in [6.45, 7) is 8.63. The molecule has 0 aliphatic heterocycles. The Morgan fingerprint density at radius 2 is 0.941 bits per heavy atom. The van der Waals surface area contributed by atoms with Gasteiger partial charge in [-0.1, -0.05) is 0 Å². The summed E-state index contributed by atoms with van der Waals surface area (Å²) in [5.41, 5.74) is 0. The van der Waals surface area contributed by atoms with E-state index in [-0.39, 0.29) is 18.7 Å². The smallest absolute Gasteiger partial charge is 0.303 e. The van der Waals surface area contributed by atoms with Gasteiger partial charge in [0.15, 0.2) is 0 Å². The molecule has 0 rings (SSSR count). The molecule has 12 nitrogen and oxygen atoms in total. The highest BCUT2D eigenvalue weighted by Gasteiger charge is 2.04. The molecule has 0 aromatic heterocycles. The molecule has 0 fully saturated rings. The summed E-state index contributed by atoms with van der Waals surface area (Å²) in [5.74, 6) is -1.24. The summed E-state index contributed by atoms with van der Waals surface area (Å²) < 4.78 is 37.7. The average molecular weight is 497 g/mol. The normalized spacial score (nSPS) is 11.1. The number of carboxylic acid groups (broad SMARTS) is 1. The third-order valence-electron chi connectivity index (χ3n) is 4.08. The number of carbonyl (C=O) groups is 2. The lowest BCUT2D eigenvalue weighted by atomic mass is 10.3. The molecule has 0 atom stereocenters. The van der Waals surface area contributed by atoms with Gasteiger partial charge in [-0.25, -0.2) is 0 Å². The Morgan fingerprint density at radius 3 is 1.32 bits per heavy atom. The van der Waals surface area contributed by atoms with E-state index in [1.54, 1.807) is 0 Å². The fourth-order valence-corrected chi connectivity index (χ4v) is 2.31. The first kappa shape index (κ1) is 32.6. The fraction of sp³-hybridized carbons (Fsp3) is 0.909. The Morgan fingerprint density at radius 1 is 0.559 bits per heavy atom. The number of nitrogens with one attached hydrogen (secondary N) is 2. The number of hydrogen-bond donors (Lipinski definition) is 3. The standard InChI is InChI=1S/C22H44N2O10/c1-23-6-8-29-10-12-31-14-16-33-18-20-34-19-17-32-15-13-30-11-9-28-7-2-5-24-21(25)3-4-22(26)27/h23H,2-20H2,1H3,(H,24,25)(H,26,27). The molecular formula is C22H44N2O10. The van der Waals surface area contributed by atoms with E-state index in [0.717, 1.165) is 6.54 Å². The molecule has 3 N–H and O–H groups in total. The number of ether oxygens (including phenoxy) is 7. The van der Waals surface area contributed by atoms with Crippen molar-refractivity contribution in [2.24, 2.45) is 0 Å². The molecule has 0 unspecified atom stereocenters. The third kappa shape index (κ3) is 28.7. The number of hydrogen-bond acceptors (Lipinski definition) is 10. The summed E-state index contributed by atoms with van der Waals surface area (Å²) >= 11 is 0. The highest BCUT2D eigenvalue weighted by atomic mass is 16.6. The molecule has 0 aliphatic rings. The highest BCUT2D eigenvalue weighted by molar-refractivity contribution is 5.80. The van der Waals surface area contributed by atoms with Gasteiger partial charge in [-0.15, -0.1) is 0 Å². The zero-order valence-corrected chi connectivity index (χ0v) is 20.6. The van der Waals surface area contributed by atoms with Crippen molar-refractivity contribution in [3.8, 4) is 0 Å². The van der Waals surface area contributed by atoms with Gasteiger partial charge < -0.3 is 48.9 Å². The number of amides is 1. The van der Waals surface area contributed by atoms with Gasteiger partial charge in [0.2, 0.25) is 5.91 Å². The zero-order valence-electron chi connectivity index (χ0n) is 20.6. The lowest BCUT2D eigenvalue weighted by molar-refractivity contribution is -0.138. The number of likely N-dealkylation sites (N-methyl/N-ethyl adjacent to an activating group) is 1. The minimum absolute atomic E-state index is 0.00261. The van der Waals surface area contributed by atoms with Crippen molar-refractivity contribution in [1.82, 2.24) is 10.6 Å². The van der Waals surface area contributed by atoms with Gasteiger partial charge in [0.25, 0.3) is 0 Å². The Hall–Kier alpha value is -1.38. The Kier molecular flexibility index (Phi) is 26.7. The van der Waals surface area contributed by atoms with Crippen LogP contribution >= 0.6 is 0 Å². The number of carbonyl (C=O) groups excluding carboxylic acids is 1. The lowest BCUT2D eigenvalue weighted by Gasteiger charge is -2.08. The van der Waals surface area contributed by atoms with Gasteiger partial charge in [0.1, 0.15) is 0 Å². The molecule has 0 saturated heterocycles. The van der Waals surface area contributed by atoms with Crippen LogP contribution in [-0.2, 0) is 42.7 Å². The van der Waals surface area contributed by atoms with Gasteiger partial charge >= 0.3 is 5.97 Å². The number of aliphatic carboxylic acids is 1. The quantitative estimate of drug-likeness (QED) is 0.123. The van der Waals surface area contributed by atoms with Crippen molar-refractivity contribution in [2.75, 3.05) is 113 Å². The van der Waals surface area contributed by atoms with Crippen LogP contribution in [0.1, 0.15) is 19.3 Å². The van der Waals surface area contributed by atoms with Crippen LogP contribution < -0.4 is 10.6 Å². The van der Waals surface area contributed by atoms with E-state index in [1.807, 2.05) is 7.05 Å². The van der Waals surface area contributed by atoms with Gasteiger partial charge in [-0.05, 0) is 13.5 Å². The van der Waals surface area contributed by atoms with E-state index >= 15 is 0 Å². The topological polar surface area (TPSA) is 143 Å². The minimum Gasteiger partial charge on any atom is -0.481 e. The molecule has 0 bridgehead atoms. The van der Waals surface area contributed by atoms with Gasteiger partial charge in [-0.3, -0.25) is 9.59 Å². The van der Waals surface area contributed by atoms with E-state index < -0.39 is 5.97 Å². The second-order valence-corrected chi connectivity index (χ2v) is 6.99. The second kappa shape index (κ2) is 27.9. The predicted octanol–water partition coefficient (Wildman–Crippen LogP) is -0.307. The first-order chi connectivity index (χ1) is 16.7. The van der Waals surface area contributed by atoms with Crippen molar-refractivity contribution in [3.05, 3.63) is 0 Å². The predicted molar refractivity (Wildman–Crippen MR) is 124 cm³/mol. The molecule has 0 aliphatic carbocycles. The van der Waals surface area contributed by atoms with Crippen LogP contribution in [0, 0.1) is 0 Å². The Labute approximate surface area is 202 Å². The average Bonchev–Trinajstić information content (AvgIpc) is 2.82. The third-order valence-corrected chi connectivity index (χ3v) is 4.08. The van der Waals surface area contributed by atoms with E-state index in [4.69, 9.17) is 38.3 Å². The summed E-state index contributed by atoms with van der Waals surface area (Å²) in [6.07, 6.45) is 0.502. The first-order valence-corrected chi connectivity index (χ1v) is 11.8. The van der Waals surface area contributed by atoms with E-state index in [2.05, 4.69) is 10.6 Å². The van der Waals surface area contributed by atoms with Gasteiger partial charge in [-0.2, -0.15) is 0 Å². The van der Waals surface area contributed by atoms with Gasteiger partial charge in [0.05, 0.1) is 92.3 Å². The van der Waals surface area contributed by atoms with E-state index in [9.17, 15) is 9.59 Å². The van der Waals surface area contributed by atoms with Crippen LogP contribution in [0.15, 0.2) is 0 Å². The van der Waals surface area contributed by atoms with Crippen LogP contribution in [0.3, 0.4) is 0 Å². The lowest BCUT2D eigenvalue weighted by Crippen LogP contribution is -2.25. The molecule has 202 valence electrons. The molecule has 0 radical (unpaired) electrons. The first-order valence-electron chi connectivity index (χ1n) is 11.8. The molecule has 0 aromatic rings. The molecular weight excluding hydrogens is 452 g/mol. The van der Waals surface area contributed by atoms with Crippen molar-refractivity contribution in [1.29, 1.82) is 0 Å². The maximum Gasteiger partial charge on any atom is 0.303 e. The summed E-state index contributed by atoms with van der Waals surface area (Å²) in [7, 11) is 1.89. The second-order valence-electron chi connectivity index (χ2n) is 6.99. The van der Waals surface area contributed by atoms with Crippen molar-refractivity contribution >= 4 is 11.9 Å². The van der Waals surface area contributed by atoms with Crippen molar-refractivity contribution in [3.63, 3.8) is 0 Å². The summed E-state index contributed by atoms with van der Waals surface area (Å²) in [5, 5.41) is 14.1. The SMILES string of the molecule is CNCCOCCOCCOCCOCCOCCOCCOCCCNC(=O)CCC(=O)O. The zero-order chi connectivity index (χ0) is 25.0. The van der Waals surface area contributed by atoms with Crippen LogP contribution in [-0.4, -0.2) is 130 Å². The maximum atomic E-state index is 11.3. The van der Waals surface area contributed by atoms with Crippen LogP contribution in [0.25, 0.3) is 0 Å². The monoisotopic (exact) mass is 496 g/mol. The van der Waals surface area contributed by atoms with Crippen molar-refractivity contribution in [2.45, 2.75) is 19.3 Å². The largest absolute Gasteiger partial charge is 0.481 e. The molecule has 0 saturated carbocycles. The number of rotatable bonds is 28. The molecule has 0 heterocycles. The van der Waals surface area contributed by atoms with E-state index in [1.165, 1.54) is 0 Å². The molecule has 0 spiro atoms. The van der Waals surface area contributed by atoms with Crippen LogP contribution in [0.5, 0.6) is 0 Å². The minimum atomic E-state index is -0.978. The molecule has 12 heteroatoms. The summed E-state index contributed by atoms with van der Waals surface area (Å²) in [4.78, 5) is 21.7. The molecule has 1 amide bonds.